The molecule has 1 N–H and O–H groups in total. The highest BCUT2D eigenvalue weighted by molar-refractivity contribution is 5.86. The van der Waals surface area contributed by atoms with Crippen LogP contribution < -0.4 is 9.80 Å². The van der Waals surface area contributed by atoms with Gasteiger partial charge in [0.15, 0.2) is 5.82 Å². The SMILES string of the molecule is [2H]C([2H])([2H])N1CN(c2cccc(C3(c4ccn[nH]4)c4ccccc4-c4ccccc43)c2)c2ncccc21. The highest BCUT2D eigenvalue weighted by atomic mass is 15.4. The number of H-pyrrole nitrogens is 1. The van der Waals surface area contributed by atoms with Crippen molar-refractivity contribution in [3.63, 3.8) is 0 Å². The maximum absolute atomic E-state index is 8.07. The van der Waals surface area contributed by atoms with Gasteiger partial charge in [-0.1, -0.05) is 60.7 Å². The molecular formula is C29H23N5. The van der Waals surface area contributed by atoms with Gasteiger partial charge in [-0.3, -0.25) is 5.10 Å². The van der Waals surface area contributed by atoms with Crippen LogP contribution in [0.3, 0.4) is 0 Å². The number of fused-ring (bicyclic) bond motifs is 4. The fourth-order valence-electron chi connectivity index (χ4n) is 5.66. The van der Waals surface area contributed by atoms with E-state index in [-0.39, 0.29) is 6.67 Å². The minimum Gasteiger partial charge on any atom is -0.354 e. The molecule has 0 spiro atoms. The Hall–Kier alpha value is -4.38. The van der Waals surface area contributed by atoms with E-state index < -0.39 is 12.4 Å². The molecule has 0 atom stereocenters. The fraction of sp³-hybridized carbons (Fsp3) is 0.103. The molecule has 0 bridgehead atoms. The predicted octanol–water partition coefficient (Wildman–Crippen LogP) is 5.71. The quantitative estimate of drug-likeness (QED) is 0.380. The lowest BCUT2D eigenvalue weighted by Gasteiger charge is -2.33. The largest absolute Gasteiger partial charge is 0.354 e. The summed E-state index contributed by atoms with van der Waals surface area (Å²) >= 11 is 0. The summed E-state index contributed by atoms with van der Waals surface area (Å²) in [7, 11) is 0. The van der Waals surface area contributed by atoms with Crippen LogP contribution >= 0.6 is 0 Å². The average molecular weight is 445 g/mol. The summed E-state index contributed by atoms with van der Waals surface area (Å²) < 4.78 is 24.2. The second kappa shape index (κ2) is 7.06. The van der Waals surface area contributed by atoms with E-state index in [4.69, 9.17) is 4.11 Å². The number of benzene rings is 3. The van der Waals surface area contributed by atoms with E-state index >= 15 is 0 Å². The van der Waals surface area contributed by atoms with E-state index in [1.54, 1.807) is 18.5 Å². The molecule has 2 aliphatic rings. The van der Waals surface area contributed by atoms with Crippen LogP contribution in [0.15, 0.2) is 103 Å². The lowest BCUT2D eigenvalue weighted by molar-refractivity contribution is 0.727. The zero-order valence-electron chi connectivity index (χ0n) is 21.3. The molecule has 0 radical (unpaired) electrons. The van der Waals surface area contributed by atoms with E-state index in [0.29, 0.717) is 11.5 Å². The Morgan fingerprint density at radius 2 is 1.65 bits per heavy atom. The first-order valence-corrected chi connectivity index (χ1v) is 11.3. The first kappa shape index (κ1) is 16.3. The first-order valence-electron chi connectivity index (χ1n) is 12.8. The summed E-state index contributed by atoms with van der Waals surface area (Å²) in [4.78, 5) is 7.96. The number of anilines is 3. The molecule has 5 heteroatoms. The van der Waals surface area contributed by atoms with Gasteiger partial charge in [0.25, 0.3) is 0 Å². The van der Waals surface area contributed by atoms with Crippen LogP contribution in [0.4, 0.5) is 17.2 Å². The summed E-state index contributed by atoms with van der Waals surface area (Å²) in [6.07, 6.45) is 3.49. The Kier molecular flexibility index (Phi) is 3.38. The molecule has 3 aromatic carbocycles. The van der Waals surface area contributed by atoms with Gasteiger partial charge in [0.05, 0.1) is 23.5 Å². The van der Waals surface area contributed by atoms with Gasteiger partial charge in [0.2, 0.25) is 0 Å². The van der Waals surface area contributed by atoms with E-state index in [9.17, 15) is 0 Å². The molecule has 1 aliphatic heterocycles. The molecule has 2 aromatic heterocycles. The Bertz CT molecular complexity index is 1580. The third-order valence-electron chi connectivity index (χ3n) is 7.04. The molecule has 7 rings (SSSR count). The van der Waals surface area contributed by atoms with E-state index in [0.717, 1.165) is 16.9 Å². The van der Waals surface area contributed by atoms with Gasteiger partial charge in [-0.15, -0.1) is 0 Å². The summed E-state index contributed by atoms with van der Waals surface area (Å²) in [6, 6.07) is 31.0. The molecular weight excluding hydrogens is 418 g/mol. The Balaban J connectivity index is 1.46. The minimum atomic E-state index is -2.27. The van der Waals surface area contributed by atoms with Gasteiger partial charge in [0.1, 0.15) is 0 Å². The van der Waals surface area contributed by atoms with E-state index in [1.807, 2.05) is 29.2 Å². The van der Waals surface area contributed by atoms with Crippen molar-refractivity contribution in [1.29, 1.82) is 0 Å². The molecule has 0 saturated heterocycles. The Labute approximate surface area is 202 Å². The van der Waals surface area contributed by atoms with Gasteiger partial charge in [-0.25, -0.2) is 4.98 Å². The second-order valence-electron chi connectivity index (χ2n) is 8.71. The maximum Gasteiger partial charge on any atom is 0.158 e. The predicted molar refractivity (Wildman–Crippen MR) is 136 cm³/mol. The third kappa shape index (κ3) is 2.44. The lowest BCUT2D eigenvalue weighted by atomic mass is 9.70. The van der Waals surface area contributed by atoms with Crippen molar-refractivity contribution in [2.75, 3.05) is 23.4 Å². The topological polar surface area (TPSA) is 48.0 Å². The molecule has 34 heavy (non-hydrogen) atoms. The molecule has 164 valence electrons. The van der Waals surface area contributed by atoms with Gasteiger partial charge >= 0.3 is 0 Å². The van der Waals surface area contributed by atoms with E-state index in [1.165, 1.54) is 27.2 Å². The summed E-state index contributed by atoms with van der Waals surface area (Å²) in [5.41, 5.74) is 7.68. The van der Waals surface area contributed by atoms with Crippen molar-refractivity contribution in [2.24, 2.45) is 0 Å². The van der Waals surface area contributed by atoms with Crippen LogP contribution in [0.5, 0.6) is 0 Å². The van der Waals surface area contributed by atoms with Gasteiger partial charge in [-0.05, 0) is 58.1 Å². The highest BCUT2D eigenvalue weighted by Gasteiger charge is 2.47. The van der Waals surface area contributed by atoms with E-state index in [2.05, 4.69) is 75.8 Å². The van der Waals surface area contributed by atoms with Crippen molar-refractivity contribution >= 4 is 17.2 Å². The normalized spacial score (nSPS) is 16.9. The summed E-state index contributed by atoms with van der Waals surface area (Å²) in [5, 5.41) is 7.61. The zero-order valence-corrected chi connectivity index (χ0v) is 18.3. The van der Waals surface area contributed by atoms with Gasteiger partial charge in [-0.2, -0.15) is 5.10 Å². The summed E-state index contributed by atoms with van der Waals surface area (Å²) in [5.74, 6) is 0.638. The number of pyridine rings is 1. The van der Waals surface area contributed by atoms with Gasteiger partial charge < -0.3 is 9.80 Å². The second-order valence-corrected chi connectivity index (χ2v) is 8.71. The highest BCUT2D eigenvalue weighted by Crippen LogP contribution is 2.56. The number of hydrogen-bond acceptors (Lipinski definition) is 4. The molecule has 0 amide bonds. The van der Waals surface area contributed by atoms with Crippen LogP contribution in [0.1, 0.15) is 26.5 Å². The zero-order chi connectivity index (χ0) is 25.2. The van der Waals surface area contributed by atoms with Crippen LogP contribution in [-0.4, -0.2) is 28.8 Å². The Morgan fingerprint density at radius 3 is 2.38 bits per heavy atom. The third-order valence-corrected chi connectivity index (χ3v) is 7.04. The van der Waals surface area contributed by atoms with Crippen LogP contribution in [0.2, 0.25) is 0 Å². The fourth-order valence-corrected chi connectivity index (χ4v) is 5.66. The molecule has 3 heterocycles. The lowest BCUT2D eigenvalue weighted by Crippen LogP contribution is -2.30. The van der Waals surface area contributed by atoms with Gasteiger partial charge in [0, 0.05) is 29.2 Å². The van der Waals surface area contributed by atoms with Crippen LogP contribution in [-0.2, 0) is 5.41 Å². The molecule has 0 saturated carbocycles. The number of aromatic nitrogens is 3. The summed E-state index contributed by atoms with van der Waals surface area (Å²) in [6.45, 7) is -2.08. The number of aromatic amines is 1. The van der Waals surface area contributed by atoms with Crippen molar-refractivity contribution in [2.45, 2.75) is 5.41 Å². The number of nitrogens with one attached hydrogen (secondary N) is 1. The van der Waals surface area contributed by atoms with Crippen LogP contribution in [0, 0.1) is 0 Å². The molecule has 0 fully saturated rings. The average Bonchev–Trinajstić information content (AvgIpc) is 3.64. The van der Waals surface area contributed by atoms with Crippen molar-refractivity contribution in [1.82, 2.24) is 15.2 Å². The minimum absolute atomic E-state index is 0.191. The van der Waals surface area contributed by atoms with Crippen molar-refractivity contribution in [3.8, 4) is 11.1 Å². The first-order chi connectivity index (χ1) is 18.0. The van der Waals surface area contributed by atoms with Crippen LogP contribution in [0.25, 0.3) is 11.1 Å². The molecule has 5 nitrogen and oxygen atoms in total. The number of nitrogens with zero attached hydrogens (tertiary/aromatic N) is 4. The molecule has 0 unspecified atom stereocenters. The Morgan fingerprint density at radius 1 is 0.853 bits per heavy atom. The number of rotatable bonds is 3. The standard InChI is InChI=1S/C29H23N5/c1-33-19-34(28-26(33)14-7-16-30-28)21-9-6-8-20(18-21)29(27-15-17-31-32-27)24-12-4-2-10-22(24)23-11-3-5-13-25(23)29/h2-18H,19H2,1H3,(H,31,32)/i1D3. The molecule has 5 aromatic rings. The maximum atomic E-state index is 8.07. The molecule has 1 aliphatic carbocycles. The van der Waals surface area contributed by atoms with Crippen molar-refractivity contribution in [3.05, 3.63) is 126 Å². The smallest absolute Gasteiger partial charge is 0.158 e. The number of hydrogen-bond donors (Lipinski definition) is 1. The van der Waals surface area contributed by atoms with Crippen molar-refractivity contribution < 1.29 is 4.11 Å². The monoisotopic (exact) mass is 444 g/mol.